The number of ether oxygens (including phenoxy) is 3. The second-order valence-electron chi connectivity index (χ2n) is 9.31. The van der Waals surface area contributed by atoms with E-state index < -0.39 is 66.6 Å². The van der Waals surface area contributed by atoms with Gasteiger partial charge in [-0.05, 0) is 32.4 Å². The number of carbonyl (C=O) groups excluding carboxylic acids is 2. The summed E-state index contributed by atoms with van der Waals surface area (Å²) in [4.78, 5) is 54.8. The van der Waals surface area contributed by atoms with Gasteiger partial charge in [-0.1, -0.05) is 0 Å². The van der Waals surface area contributed by atoms with E-state index in [9.17, 15) is 29.4 Å². The Labute approximate surface area is 215 Å². The fourth-order valence-electron chi connectivity index (χ4n) is 4.00. The number of aromatic nitrogens is 4. The summed E-state index contributed by atoms with van der Waals surface area (Å²) in [5, 5.41) is 23.3. The van der Waals surface area contributed by atoms with Crippen LogP contribution in [0.4, 0.5) is 10.6 Å². The second kappa shape index (κ2) is 11.1. The summed E-state index contributed by atoms with van der Waals surface area (Å²) in [7, 11) is 0. The standard InChI is InChI=1S/C21H27ClN6O9/c1-9(29)35-8-13-10(5-14(30)31)11(6-15(32)33)18(36-13)28-17-12(7-23-28)16(24-19(22)25-17)26-27-20(34)37-21(2,3)4/h7,10-11,13,18H,5-6,8H2,1-4H3,(H,27,34)(H,30,31)(H,32,33)(H,24,25,26)/t10-,11-,13+,18-/m1/s1. The number of amides is 1. The summed E-state index contributed by atoms with van der Waals surface area (Å²) in [6.07, 6.45) is -2.33. The van der Waals surface area contributed by atoms with Crippen LogP contribution in [0.15, 0.2) is 6.20 Å². The average molecular weight is 543 g/mol. The molecular weight excluding hydrogens is 516 g/mol. The van der Waals surface area contributed by atoms with Gasteiger partial charge in [0.25, 0.3) is 0 Å². The molecule has 0 spiro atoms. The average Bonchev–Trinajstić information content (AvgIpc) is 3.30. The van der Waals surface area contributed by atoms with Crippen molar-refractivity contribution in [2.45, 2.75) is 58.5 Å². The van der Waals surface area contributed by atoms with E-state index >= 15 is 0 Å². The lowest BCUT2D eigenvalue weighted by Crippen LogP contribution is -2.36. The summed E-state index contributed by atoms with van der Waals surface area (Å²) in [5.74, 6) is -4.59. The topological polar surface area (TPSA) is 204 Å². The highest BCUT2D eigenvalue weighted by molar-refractivity contribution is 6.28. The van der Waals surface area contributed by atoms with Crippen LogP contribution in [-0.4, -0.2) is 72.3 Å². The number of nitrogens with zero attached hydrogens (tertiary/aromatic N) is 4. The zero-order valence-electron chi connectivity index (χ0n) is 20.4. The molecule has 4 atom stereocenters. The predicted octanol–water partition coefficient (Wildman–Crippen LogP) is 1.97. The molecule has 0 saturated carbocycles. The number of nitrogens with one attached hydrogen (secondary N) is 2. The Kier molecular flexibility index (Phi) is 8.38. The minimum atomic E-state index is -1.19. The van der Waals surface area contributed by atoms with Crippen LogP contribution in [0.2, 0.25) is 5.28 Å². The summed E-state index contributed by atoms with van der Waals surface area (Å²) in [6.45, 7) is 5.99. The first kappa shape index (κ1) is 27.9. The molecule has 0 bridgehead atoms. The zero-order valence-corrected chi connectivity index (χ0v) is 21.2. The molecule has 0 radical (unpaired) electrons. The number of esters is 1. The van der Waals surface area contributed by atoms with Crippen LogP contribution < -0.4 is 10.9 Å². The number of carboxylic acid groups (broad SMARTS) is 2. The number of carbonyl (C=O) groups is 4. The van der Waals surface area contributed by atoms with Gasteiger partial charge in [-0.2, -0.15) is 15.1 Å². The fraction of sp³-hybridized carbons (Fsp3) is 0.571. The molecule has 1 saturated heterocycles. The van der Waals surface area contributed by atoms with E-state index in [0.717, 1.165) is 0 Å². The van der Waals surface area contributed by atoms with E-state index in [0.29, 0.717) is 0 Å². The molecule has 4 N–H and O–H groups in total. The predicted molar refractivity (Wildman–Crippen MR) is 125 cm³/mol. The molecule has 1 fully saturated rings. The smallest absolute Gasteiger partial charge is 0.426 e. The third-order valence-corrected chi connectivity index (χ3v) is 5.50. The van der Waals surface area contributed by atoms with Crippen LogP contribution in [0, 0.1) is 11.8 Å². The Morgan fingerprint density at radius 1 is 1.14 bits per heavy atom. The van der Waals surface area contributed by atoms with Crippen LogP contribution in [-0.2, 0) is 28.6 Å². The maximum atomic E-state index is 12.0. The highest BCUT2D eigenvalue weighted by Crippen LogP contribution is 2.44. The highest BCUT2D eigenvalue weighted by Gasteiger charge is 2.48. The van der Waals surface area contributed by atoms with Crippen LogP contribution in [0.3, 0.4) is 0 Å². The molecule has 15 nitrogen and oxygen atoms in total. The van der Waals surface area contributed by atoms with Crippen molar-refractivity contribution in [3.05, 3.63) is 11.5 Å². The SMILES string of the molecule is CC(=O)OC[C@@H]1O[C@@H](n2ncc3c(NNC(=O)OC(C)(C)C)nc(Cl)nc32)[C@H](CC(=O)O)[C@H]1CC(=O)O. The van der Waals surface area contributed by atoms with Gasteiger partial charge < -0.3 is 24.4 Å². The summed E-state index contributed by atoms with van der Waals surface area (Å²) < 4.78 is 17.5. The van der Waals surface area contributed by atoms with Crippen molar-refractivity contribution in [2.75, 3.05) is 12.0 Å². The number of hydrazine groups is 1. The van der Waals surface area contributed by atoms with Crippen LogP contribution in [0.1, 0.15) is 46.8 Å². The van der Waals surface area contributed by atoms with Gasteiger partial charge in [0.15, 0.2) is 17.7 Å². The maximum absolute atomic E-state index is 12.0. The van der Waals surface area contributed by atoms with E-state index in [1.165, 1.54) is 17.8 Å². The number of carboxylic acids is 2. The molecule has 202 valence electrons. The van der Waals surface area contributed by atoms with E-state index in [4.69, 9.17) is 25.8 Å². The van der Waals surface area contributed by atoms with Gasteiger partial charge in [-0.15, -0.1) is 0 Å². The molecule has 16 heteroatoms. The molecular formula is C21H27ClN6O9. The van der Waals surface area contributed by atoms with Gasteiger partial charge >= 0.3 is 24.0 Å². The summed E-state index contributed by atoms with van der Waals surface area (Å²) in [6, 6.07) is 0. The number of aliphatic carboxylic acids is 2. The normalized spacial score (nSPS) is 21.4. The van der Waals surface area contributed by atoms with Crippen molar-refractivity contribution < 1.29 is 43.6 Å². The maximum Gasteiger partial charge on any atom is 0.426 e. The Hall–Kier alpha value is -3.72. The van der Waals surface area contributed by atoms with Crippen molar-refractivity contribution in [3.63, 3.8) is 0 Å². The van der Waals surface area contributed by atoms with Crippen molar-refractivity contribution >= 4 is 52.5 Å². The molecule has 0 aliphatic carbocycles. The molecule has 1 aliphatic heterocycles. The lowest BCUT2D eigenvalue weighted by atomic mass is 9.84. The largest absolute Gasteiger partial charge is 0.481 e. The molecule has 1 aliphatic rings. The fourth-order valence-corrected chi connectivity index (χ4v) is 4.17. The molecule has 2 aromatic heterocycles. The van der Waals surface area contributed by atoms with Gasteiger partial charge in [0.2, 0.25) is 5.28 Å². The van der Waals surface area contributed by atoms with Crippen molar-refractivity contribution in [1.29, 1.82) is 0 Å². The third-order valence-electron chi connectivity index (χ3n) is 5.33. The number of fused-ring (bicyclic) bond motifs is 1. The molecule has 0 aromatic carbocycles. The van der Waals surface area contributed by atoms with E-state index in [1.54, 1.807) is 20.8 Å². The Morgan fingerprint density at radius 2 is 1.78 bits per heavy atom. The Bertz CT molecular complexity index is 1200. The van der Waals surface area contributed by atoms with Crippen molar-refractivity contribution in [3.8, 4) is 0 Å². The molecule has 3 rings (SSSR count). The third kappa shape index (κ3) is 7.16. The van der Waals surface area contributed by atoms with Gasteiger partial charge in [0, 0.05) is 18.8 Å². The van der Waals surface area contributed by atoms with Crippen LogP contribution in [0.5, 0.6) is 0 Å². The van der Waals surface area contributed by atoms with Crippen molar-refractivity contribution in [2.24, 2.45) is 11.8 Å². The lowest BCUT2D eigenvalue weighted by Gasteiger charge is -2.21. The first-order valence-corrected chi connectivity index (χ1v) is 11.5. The molecule has 3 heterocycles. The number of halogens is 1. The number of anilines is 1. The first-order chi connectivity index (χ1) is 17.2. The van der Waals surface area contributed by atoms with E-state index in [1.807, 2.05) is 0 Å². The Morgan fingerprint density at radius 3 is 2.38 bits per heavy atom. The second-order valence-corrected chi connectivity index (χ2v) is 9.65. The number of hydrogen-bond donors (Lipinski definition) is 4. The van der Waals surface area contributed by atoms with E-state index in [-0.39, 0.29) is 28.7 Å². The zero-order chi connectivity index (χ0) is 27.5. The van der Waals surface area contributed by atoms with Crippen LogP contribution >= 0.6 is 11.6 Å². The molecule has 0 unspecified atom stereocenters. The summed E-state index contributed by atoms with van der Waals surface area (Å²) in [5.41, 5.74) is 4.30. The lowest BCUT2D eigenvalue weighted by molar-refractivity contribution is -0.147. The monoisotopic (exact) mass is 542 g/mol. The first-order valence-electron chi connectivity index (χ1n) is 11.1. The number of rotatable bonds is 9. The molecule has 2 aromatic rings. The van der Waals surface area contributed by atoms with Crippen LogP contribution in [0.25, 0.3) is 11.0 Å². The minimum absolute atomic E-state index is 0.0680. The van der Waals surface area contributed by atoms with Crippen molar-refractivity contribution in [1.82, 2.24) is 25.2 Å². The van der Waals surface area contributed by atoms with E-state index in [2.05, 4.69) is 25.9 Å². The van der Waals surface area contributed by atoms with Gasteiger partial charge in [0.1, 0.15) is 12.2 Å². The Balaban J connectivity index is 1.97. The van der Waals surface area contributed by atoms with Gasteiger partial charge in [-0.25, -0.2) is 14.9 Å². The molecule has 37 heavy (non-hydrogen) atoms. The van der Waals surface area contributed by atoms with Gasteiger partial charge in [0.05, 0.1) is 30.5 Å². The summed E-state index contributed by atoms with van der Waals surface area (Å²) >= 11 is 6.10. The van der Waals surface area contributed by atoms with Gasteiger partial charge in [-0.3, -0.25) is 19.8 Å². The minimum Gasteiger partial charge on any atom is -0.481 e. The number of hydrogen-bond acceptors (Lipinski definition) is 11. The molecule has 1 amide bonds. The quantitative estimate of drug-likeness (QED) is 0.203. The highest BCUT2D eigenvalue weighted by atomic mass is 35.5.